The van der Waals surface area contributed by atoms with Crippen LogP contribution in [0.2, 0.25) is 0 Å². The van der Waals surface area contributed by atoms with Crippen LogP contribution in [0, 0.1) is 0 Å². The average Bonchev–Trinajstić information content (AvgIpc) is 2.83. The zero-order valence-electron chi connectivity index (χ0n) is 19.4. The molecule has 0 unspecified atom stereocenters. The first-order valence-electron chi connectivity index (χ1n) is 11.0. The van der Waals surface area contributed by atoms with Crippen molar-refractivity contribution in [1.29, 1.82) is 0 Å². The van der Waals surface area contributed by atoms with Crippen molar-refractivity contribution in [1.82, 2.24) is 20.1 Å². The molecule has 0 radical (unpaired) electrons. The van der Waals surface area contributed by atoms with E-state index in [1.54, 1.807) is 28.9 Å². The van der Waals surface area contributed by atoms with Gasteiger partial charge in [0.15, 0.2) is 17.6 Å². The van der Waals surface area contributed by atoms with Crippen LogP contribution in [-0.4, -0.2) is 77.9 Å². The number of benzene rings is 1. The molecular formula is C24H30N4O5. The minimum absolute atomic E-state index is 0.0399. The first-order chi connectivity index (χ1) is 15.8. The highest BCUT2D eigenvalue weighted by atomic mass is 16.5. The standard InChI is InChI=1S/C24H30N4O5/c1-5-25-22(29)19-13-20(32-4)21(14-26-19)33-17(3)23(30)28-12-11-27(15-16(28)2)24(31)18-9-7-6-8-10-18/h6-10,13-14,16-17H,5,11-12,15H2,1-4H3,(H,25,29)/t16-,17+/m1/s1. The van der Waals surface area contributed by atoms with Crippen LogP contribution in [0.1, 0.15) is 41.6 Å². The molecule has 2 aromatic rings. The first kappa shape index (κ1) is 24.0. The van der Waals surface area contributed by atoms with Gasteiger partial charge in [0.1, 0.15) is 5.69 Å². The summed E-state index contributed by atoms with van der Waals surface area (Å²) in [7, 11) is 1.46. The number of hydrogen-bond acceptors (Lipinski definition) is 6. The number of hydrogen-bond donors (Lipinski definition) is 1. The Kier molecular flexibility index (Phi) is 7.87. The van der Waals surface area contributed by atoms with Crippen molar-refractivity contribution in [2.75, 3.05) is 33.3 Å². The Morgan fingerprint density at radius 1 is 1.18 bits per heavy atom. The number of carbonyl (C=O) groups is 3. The fourth-order valence-corrected chi connectivity index (χ4v) is 3.75. The summed E-state index contributed by atoms with van der Waals surface area (Å²) in [5.74, 6) is 0.0448. The van der Waals surface area contributed by atoms with E-state index in [0.717, 1.165) is 0 Å². The van der Waals surface area contributed by atoms with Crippen LogP contribution in [0.25, 0.3) is 0 Å². The van der Waals surface area contributed by atoms with Gasteiger partial charge in [-0.05, 0) is 32.9 Å². The smallest absolute Gasteiger partial charge is 0.270 e. The van der Waals surface area contributed by atoms with Crippen LogP contribution >= 0.6 is 0 Å². The van der Waals surface area contributed by atoms with E-state index in [1.165, 1.54) is 19.4 Å². The van der Waals surface area contributed by atoms with Crippen molar-refractivity contribution < 1.29 is 23.9 Å². The molecule has 33 heavy (non-hydrogen) atoms. The normalized spacial score (nSPS) is 16.7. The third kappa shape index (κ3) is 5.60. The number of pyridine rings is 1. The molecule has 3 rings (SSSR count). The van der Waals surface area contributed by atoms with E-state index in [0.29, 0.717) is 37.5 Å². The van der Waals surface area contributed by atoms with Crippen molar-refractivity contribution in [3.05, 3.63) is 53.9 Å². The lowest BCUT2D eigenvalue weighted by molar-refractivity contribution is -0.142. The Morgan fingerprint density at radius 2 is 1.91 bits per heavy atom. The van der Waals surface area contributed by atoms with E-state index >= 15 is 0 Å². The Hall–Kier alpha value is -3.62. The van der Waals surface area contributed by atoms with E-state index < -0.39 is 6.10 Å². The van der Waals surface area contributed by atoms with E-state index in [-0.39, 0.29) is 35.2 Å². The summed E-state index contributed by atoms with van der Waals surface area (Å²) >= 11 is 0. The zero-order valence-corrected chi connectivity index (χ0v) is 19.4. The highest BCUT2D eigenvalue weighted by molar-refractivity contribution is 5.94. The lowest BCUT2D eigenvalue weighted by Gasteiger charge is -2.40. The summed E-state index contributed by atoms with van der Waals surface area (Å²) in [5, 5.41) is 2.67. The van der Waals surface area contributed by atoms with Crippen molar-refractivity contribution >= 4 is 17.7 Å². The largest absolute Gasteiger partial charge is 0.493 e. The lowest BCUT2D eigenvalue weighted by atomic mass is 10.1. The highest BCUT2D eigenvalue weighted by Crippen LogP contribution is 2.28. The van der Waals surface area contributed by atoms with Gasteiger partial charge in [-0.2, -0.15) is 0 Å². The van der Waals surface area contributed by atoms with Crippen LogP contribution in [0.4, 0.5) is 0 Å². The second-order valence-electron chi connectivity index (χ2n) is 7.84. The zero-order chi connectivity index (χ0) is 24.0. The Labute approximate surface area is 193 Å². The summed E-state index contributed by atoms with van der Waals surface area (Å²) in [5.41, 5.74) is 0.838. The SMILES string of the molecule is CCNC(=O)c1cc(OC)c(O[C@@H](C)C(=O)N2CCN(C(=O)c3ccccc3)C[C@H]2C)cn1. The summed E-state index contributed by atoms with van der Waals surface area (Å²) in [6.45, 7) is 7.18. The van der Waals surface area contributed by atoms with Crippen molar-refractivity contribution in [2.45, 2.75) is 32.9 Å². The third-order valence-electron chi connectivity index (χ3n) is 5.49. The molecule has 176 valence electrons. The van der Waals surface area contributed by atoms with Gasteiger partial charge in [-0.25, -0.2) is 4.98 Å². The molecule has 9 nitrogen and oxygen atoms in total. The number of rotatable bonds is 7. The lowest BCUT2D eigenvalue weighted by Crippen LogP contribution is -2.57. The van der Waals surface area contributed by atoms with Gasteiger partial charge in [0.25, 0.3) is 17.7 Å². The van der Waals surface area contributed by atoms with Gasteiger partial charge in [0.2, 0.25) is 0 Å². The Bertz CT molecular complexity index is 998. The van der Waals surface area contributed by atoms with Crippen molar-refractivity contribution in [3.8, 4) is 11.5 Å². The quantitative estimate of drug-likeness (QED) is 0.687. The number of piperazine rings is 1. The number of nitrogens with zero attached hydrogens (tertiary/aromatic N) is 3. The average molecular weight is 455 g/mol. The van der Waals surface area contributed by atoms with Gasteiger partial charge in [-0.1, -0.05) is 18.2 Å². The maximum absolute atomic E-state index is 13.1. The minimum atomic E-state index is -0.796. The number of ether oxygens (including phenoxy) is 2. The molecule has 1 aromatic heterocycles. The van der Waals surface area contributed by atoms with E-state index in [4.69, 9.17) is 9.47 Å². The van der Waals surface area contributed by atoms with Crippen molar-refractivity contribution in [2.24, 2.45) is 0 Å². The molecule has 0 spiro atoms. The molecule has 1 saturated heterocycles. The maximum Gasteiger partial charge on any atom is 0.270 e. The van der Waals surface area contributed by atoms with Gasteiger partial charge in [0, 0.05) is 43.9 Å². The minimum Gasteiger partial charge on any atom is -0.493 e. The van der Waals surface area contributed by atoms with E-state index in [9.17, 15) is 14.4 Å². The molecule has 1 fully saturated rings. The molecule has 9 heteroatoms. The number of aromatic nitrogens is 1. The second-order valence-corrected chi connectivity index (χ2v) is 7.84. The molecule has 2 atom stereocenters. The van der Waals surface area contributed by atoms with Gasteiger partial charge in [0.05, 0.1) is 13.3 Å². The predicted molar refractivity (Wildman–Crippen MR) is 122 cm³/mol. The fraction of sp³-hybridized carbons (Fsp3) is 0.417. The first-order valence-corrected chi connectivity index (χ1v) is 11.0. The van der Waals surface area contributed by atoms with Crippen LogP contribution in [0.15, 0.2) is 42.6 Å². The molecule has 1 N–H and O–H groups in total. The predicted octanol–water partition coefficient (Wildman–Crippen LogP) is 1.98. The molecule has 2 heterocycles. The molecule has 1 aromatic carbocycles. The van der Waals surface area contributed by atoms with E-state index in [1.807, 2.05) is 32.0 Å². The van der Waals surface area contributed by atoms with Crippen LogP contribution < -0.4 is 14.8 Å². The molecule has 0 bridgehead atoms. The number of methoxy groups -OCH3 is 1. The number of nitrogens with one attached hydrogen (secondary N) is 1. The van der Waals surface area contributed by atoms with E-state index in [2.05, 4.69) is 10.3 Å². The molecule has 1 aliphatic heterocycles. The molecule has 3 amide bonds. The maximum atomic E-state index is 13.1. The van der Waals surface area contributed by atoms with Crippen LogP contribution in [-0.2, 0) is 4.79 Å². The molecule has 0 aliphatic carbocycles. The Morgan fingerprint density at radius 3 is 2.55 bits per heavy atom. The molecule has 0 saturated carbocycles. The molecular weight excluding hydrogens is 424 g/mol. The summed E-state index contributed by atoms with van der Waals surface area (Å²) < 4.78 is 11.2. The third-order valence-corrected chi connectivity index (χ3v) is 5.49. The van der Waals surface area contributed by atoms with Gasteiger partial charge in [-0.15, -0.1) is 0 Å². The second kappa shape index (κ2) is 10.8. The van der Waals surface area contributed by atoms with Crippen molar-refractivity contribution in [3.63, 3.8) is 0 Å². The summed E-state index contributed by atoms with van der Waals surface area (Å²) in [4.78, 5) is 45.4. The summed E-state index contributed by atoms with van der Waals surface area (Å²) in [6, 6.07) is 10.4. The van der Waals surface area contributed by atoms with Crippen LogP contribution in [0.5, 0.6) is 11.5 Å². The fourth-order valence-electron chi connectivity index (χ4n) is 3.75. The highest BCUT2D eigenvalue weighted by Gasteiger charge is 2.33. The molecule has 1 aliphatic rings. The number of carbonyl (C=O) groups excluding carboxylic acids is 3. The monoisotopic (exact) mass is 454 g/mol. The number of amides is 3. The summed E-state index contributed by atoms with van der Waals surface area (Å²) in [6.07, 6.45) is 0.586. The van der Waals surface area contributed by atoms with Gasteiger partial charge >= 0.3 is 0 Å². The van der Waals surface area contributed by atoms with Gasteiger partial charge in [-0.3, -0.25) is 14.4 Å². The topological polar surface area (TPSA) is 101 Å². The van der Waals surface area contributed by atoms with Gasteiger partial charge < -0.3 is 24.6 Å². The Balaban J connectivity index is 1.63. The van der Waals surface area contributed by atoms with Crippen LogP contribution in [0.3, 0.4) is 0 Å².